The number of sulfonamides is 1. The third-order valence-corrected chi connectivity index (χ3v) is 6.77. The van der Waals surface area contributed by atoms with Crippen LogP contribution in [0.2, 0.25) is 0 Å². The predicted octanol–water partition coefficient (Wildman–Crippen LogP) is 4.09. The summed E-state index contributed by atoms with van der Waals surface area (Å²) in [5.41, 5.74) is 0.645. The number of carbonyl (C=O) groups is 1. The Morgan fingerprint density at radius 3 is 2.48 bits per heavy atom. The minimum atomic E-state index is -4.11. The second-order valence-corrected chi connectivity index (χ2v) is 9.67. The number of rotatable bonds is 7. The molecule has 3 aromatic carbocycles. The highest BCUT2D eigenvalue weighted by atomic mass is 32.2. The smallest absolute Gasteiger partial charge is 0.264 e. The molecule has 0 radical (unpaired) electrons. The third kappa shape index (κ3) is 4.78. The molecule has 0 unspecified atom stereocenters. The molecule has 0 saturated carbocycles. The van der Waals surface area contributed by atoms with Crippen LogP contribution >= 0.6 is 0 Å². The van der Waals surface area contributed by atoms with Crippen LogP contribution in [-0.4, -0.2) is 27.2 Å². The summed E-state index contributed by atoms with van der Waals surface area (Å²) in [5.74, 6) is -0.577. The van der Waals surface area contributed by atoms with Crippen molar-refractivity contribution in [2.75, 3.05) is 11.1 Å². The number of benzene rings is 3. The summed E-state index contributed by atoms with van der Waals surface area (Å²) >= 11 is 0. The molecule has 1 aliphatic rings. The SMILES string of the molecule is CC(C)NC(=O)c1cc(N(Cc2ccccc2)S(=O)(=O)c2ccc3c(c2)OCO3)ccc1F. The van der Waals surface area contributed by atoms with Gasteiger partial charge in [0.15, 0.2) is 11.5 Å². The first kappa shape index (κ1) is 22.6. The third-order valence-electron chi connectivity index (χ3n) is 5.00. The topological polar surface area (TPSA) is 84.9 Å². The van der Waals surface area contributed by atoms with Crippen molar-refractivity contribution in [2.45, 2.75) is 31.3 Å². The Morgan fingerprint density at radius 1 is 1.03 bits per heavy atom. The molecule has 4 rings (SSSR count). The van der Waals surface area contributed by atoms with Crippen LogP contribution in [0.3, 0.4) is 0 Å². The van der Waals surface area contributed by atoms with Crippen molar-refractivity contribution in [1.82, 2.24) is 5.32 Å². The van der Waals surface area contributed by atoms with Crippen molar-refractivity contribution >= 4 is 21.6 Å². The molecule has 1 aliphatic heterocycles. The zero-order valence-electron chi connectivity index (χ0n) is 18.1. The van der Waals surface area contributed by atoms with Gasteiger partial charge in [-0.1, -0.05) is 30.3 Å². The van der Waals surface area contributed by atoms with Crippen LogP contribution in [0.5, 0.6) is 11.5 Å². The van der Waals surface area contributed by atoms with Crippen molar-refractivity contribution in [1.29, 1.82) is 0 Å². The second-order valence-electron chi connectivity index (χ2n) is 7.80. The highest BCUT2D eigenvalue weighted by Crippen LogP contribution is 2.36. The Labute approximate surface area is 191 Å². The van der Waals surface area contributed by atoms with Gasteiger partial charge in [0, 0.05) is 12.1 Å². The van der Waals surface area contributed by atoms with Crippen molar-refractivity contribution in [3.05, 3.63) is 83.7 Å². The monoisotopic (exact) mass is 470 g/mol. The number of hydrogen-bond acceptors (Lipinski definition) is 5. The lowest BCUT2D eigenvalue weighted by atomic mass is 10.1. The van der Waals surface area contributed by atoms with Crippen LogP contribution in [0.25, 0.3) is 0 Å². The van der Waals surface area contributed by atoms with E-state index in [0.29, 0.717) is 11.5 Å². The van der Waals surface area contributed by atoms with E-state index in [4.69, 9.17) is 9.47 Å². The van der Waals surface area contributed by atoms with E-state index >= 15 is 0 Å². The van der Waals surface area contributed by atoms with E-state index in [1.54, 1.807) is 38.1 Å². The molecule has 0 aromatic heterocycles. The molecular weight excluding hydrogens is 447 g/mol. The predicted molar refractivity (Wildman–Crippen MR) is 121 cm³/mol. The van der Waals surface area contributed by atoms with Crippen molar-refractivity contribution in [3.8, 4) is 11.5 Å². The van der Waals surface area contributed by atoms with E-state index in [9.17, 15) is 17.6 Å². The number of anilines is 1. The molecule has 7 nitrogen and oxygen atoms in total. The van der Waals surface area contributed by atoms with Crippen LogP contribution in [0.4, 0.5) is 10.1 Å². The molecule has 9 heteroatoms. The van der Waals surface area contributed by atoms with E-state index in [1.165, 1.54) is 30.3 Å². The second kappa shape index (κ2) is 9.11. The van der Waals surface area contributed by atoms with E-state index in [1.807, 2.05) is 6.07 Å². The van der Waals surface area contributed by atoms with Gasteiger partial charge >= 0.3 is 0 Å². The molecule has 1 amide bonds. The Balaban J connectivity index is 1.80. The Morgan fingerprint density at radius 2 is 1.76 bits per heavy atom. The van der Waals surface area contributed by atoms with Crippen molar-refractivity contribution in [2.24, 2.45) is 0 Å². The summed E-state index contributed by atoms with van der Waals surface area (Å²) in [6, 6.07) is 16.8. The molecule has 0 bridgehead atoms. The number of hydrogen-bond donors (Lipinski definition) is 1. The first-order chi connectivity index (χ1) is 15.8. The molecule has 0 atom stereocenters. The molecule has 33 heavy (non-hydrogen) atoms. The molecular formula is C24H23FN2O5S. The van der Waals surface area contributed by atoms with Gasteiger partial charge in [0.1, 0.15) is 5.82 Å². The molecule has 3 aromatic rings. The van der Waals surface area contributed by atoms with E-state index < -0.39 is 21.7 Å². The maximum Gasteiger partial charge on any atom is 0.264 e. The van der Waals surface area contributed by atoms with Crippen molar-refractivity contribution in [3.63, 3.8) is 0 Å². The maximum absolute atomic E-state index is 14.5. The number of halogens is 1. The first-order valence-electron chi connectivity index (χ1n) is 10.3. The van der Waals surface area contributed by atoms with E-state index in [0.717, 1.165) is 15.9 Å². The number of ether oxygens (including phenoxy) is 2. The van der Waals surface area contributed by atoms with Gasteiger partial charge in [-0.05, 0) is 49.7 Å². The lowest BCUT2D eigenvalue weighted by molar-refractivity contribution is 0.0939. The molecule has 1 heterocycles. The average Bonchev–Trinajstić information content (AvgIpc) is 3.26. The van der Waals surface area contributed by atoms with Gasteiger partial charge in [0.05, 0.1) is 22.7 Å². The average molecular weight is 471 g/mol. The number of nitrogens with one attached hydrogen (secondary N) is 1. The zero-order chi connectivity index (χ0) is 23.6. The molecule has 0 spiro atoms. The number of fused-ring (bicyclic) bond motifs is 1. The fourth-order valence-electron chi connectivity index (χ4n) is 3.41. The van der Waals surface area contributed by atoms with Crippen LogP contribution in [0.1, 0.15) is 29.8 Å². The zero-order valence-corrected chi connectivity index (χ0v) is 18.9. The van der Waals surface area contributed by atoms with E-state index in [2.05, 4.69) is 5.32 Å². The minimum Gasteiger partial charge on any atom is -0.454 e. The maximum atomic E-state index is 14.5. The van der Waals surface area contributed by atoms with Crippen LogP contribution < -0.4 is 19.1 Å². The highest BCUT2D eigenvalue weighted by Gasteiger charge is 2.29. The van der Waals surface area contributed by atoms with Gasteiger partial charge in [0.2, 0.25) is 6.79 Å². The molecule has 0 aliphatic carbocycles. The fraction of sp³-hybridized carbons (Fsp3) is 0.208. The van der Waals surface area contributed by atoms with Gasteiger partial charge in [-0.25, -0.2) is 12.8 Å². The van der Waals surface area contributed by atoms with Crippen LogP contribution in [0, 0.1) is 5.82 Å². The summed E-state index contributed by atoms with van der Waals surface area (Å²) in [4.78, 5) is 12.5. The Hall–Kier alpha value is -3.59. The summed E-state index contributed by atoms with van der Waals surface area (Å²) in [6.45, 7) is 3.50. The summed E-state index contributed by atoms with van der Waals surface area (Å²) in [6.07, 6.45) is 0. The Bertz CT molecular complexity index is 1280. The lowest BCUT2D eigenvalue weighted by Gasteiger charge is -2.25. The molecule has 0 fully saturated rings. The molecule has 0 saturated heterocycles. The Kier molecular flexibility index (Phi) is 6.24. The summed E-state index contributed by atoms with van der Waals surface area (Å²) in [7, 11) is -4.11. The van der Waals surface area contributed by atoms with Gasteiger partial charge < -0.3 is 14.8 Å². The standard InChI is InChI=1S/C24H23FN2O5S/c1-16(2)26-24(28)20-12-18(8-10-21(20)25)27(14-17-6-4-3-5-7-17)33(29,30)19-9-11-22-23(13-19)32-15-31-22/h3-13,16H,14-15H2,1-2H3,(H,26,28). The van der Waals surface area contributed by atoms with Gasteiger partial charge in [-0.3, -0.25) is 9.10 Å². The molecule has 1 N–H and O–H groups in total. The largest absolute Gasteiger partial charge is 0.454 e. The first-order valence-corrected chi connectivity index (χ1v) is 11.8. The normalized spacial score (nSPS) is 12.6. The van der Waals surface area contributed by atoms with E-state index in [-0.39, 0.29) is 35.5 Å². The van der Waals surface area contributed by atoms with Crippen LogP contribution in [-0.2, 0) is 16.6 Å². The van der Waals surface area contributed by atoms with Crippen molar-refractivity contribution < 1.29 is 27.1 Å². The van der Waals surface area contributed by atoms with Gasteiger partial charge in [0.25, 0.3) is 15.9 Å². The van der Waals surface area contributed by atoms with Gasteiger partial charge in [-0.15, -0.1) is 0 Å². The lowest BCUT2D eigenvalue weighted by Crippen LogP contribution is -2.33. The quantitative estimate of drug-likeness (QED) is 0.562. The van der Waals surface area contributed by atoms with Crippen LogP contribution in [0.15, 0.2) is 71.6 Å². The fourth-order valence-corrected chi connectivity index (χ4v) is 4.87. The minimum absolute atomic E-state index is 0.0127. The summed E-state index contributed by atoms with van der Waals surface area (Å²) in [5, 5.41) is 2.64. The van der Waals surface area contributed by atoms with Gasteiger partial charge in [-0.2, -0.15) is 0 Å². The number of amides is 1. The number of carbonyl (C=O) groups excluding carboxylic acids is 1. The summed E-state index contributed by atoms with van der Waals surface area (Å²) < 4.78 is 53.7. The number of nitrogens with zero attached hydrogens (tertiary/aromatic N) is 1. The molecule has 172 valence electrons. The highest BCUT2D eigenvalue weighted by molar-refractivity contribution is 7.92.